The predicted molar refractivity (Wildman–Crippen MR) is 152 cm³/mol. The van der Waals surface area contributed by atoms with Crippen LogP contribution in [0.1, 0.15) is 36.6 Å². The first kappa shape index (κ1) is 27.7. The first-order valence-electron chi connectivity index (χ1n) is 13.1. The van der Waals surface area contributed by atoms with Crippen LogP contribution in [0.5, 0.6) is 11.5 Å². The zero-order valence-electron chi connectivity index (χ0n) is 22.1. The van der Waals surface area contributed by atoms with E-state index in [9.17, 15) is 0 Å². The van der Waals surface area contributed by atoms with E-state index in [1.54, 1.807) is 35.6 Å². The zero-order valence-corrected chi connectivity index (χ0v) is 22.9. The van der Waals surface area contributed by atoms with Gasteiger partial charge in [0.25, 0.3) is 0 Å². The van der Waals surface area contributed by atoms with E-state index in [0.717, 1.165) is 80.7 Å². The van der Waals surface area contributed by atoms with Gasteiger partial charge >= 0.3 is 0 Å². The van der Waals surface area contributed by atoms with Crippen LogP contribution >= 0.6 is 11.3 Å². The summed E-state index contributed by atoms with van der Waals surface area (Å²) >= 11 is 1.71. The fourth-order valence-corrected chi connectivity index (χ4v) is 5.13. The molecule has 0 saturated carbocycles. The van der Waals surface area contributed by atoms with Crippen LogP contribution in [-0.4, -0.2) is 67.1 Å². The average molecular weight is 540 g/mol. The van der Waals surface area contributed by atoms with Crippen LogP contribution in [0.4, 0.5) is 5.13 Å². The molecule has 0 spiro atoms. The van der Waals surface area contributed by atoms with Gasteiger partial charge in [-0.15, -0.1) is 11.3 Å². The maximum Gasteiger partial charge on any atom is 0.241 e. The number of morpholine rings is 1. The summed E-state index contributed by atoms with van der Waals surface area (Å²) in [7, 11) is 1.91. The Kier molecular flexibility index (Phi) is 10.2. The lowest BCUT2D eigenvalue weighted by Gasteiger charge is -2.26. The second-order valence-corrected chi connectivity index (χ2v) is 10.2. The topological polar surface area (TPSA) is 114 Å². The molecular weight excluding hydrogens is 502 g/mol. The molecule has 38 heavy (non-hydrogen) atoms. The third-order valence-corrected chi connectivity index (χ3v) is 7.52. The first-order valence-corrected chi connectivity index (χ1v) is 13.9. The second-order valence-electron chi connectivity index (χ2n) is 9.09. The molecule has 1 aliphatic heterocycles. The van der Waals surface area contributed by atoms with Gasteiger partial charge in [0.15, 0.2) is 11.0 Å². The molecule has 204 valence electrons. The highest BCUT2D eigenvalue weighted by Crippen LogP contribution is 2.33. The van der Waals surface area contributed by atoms with E-state index in [4.69, 9.17) is 30.1 Å². The van der Waals surface area contributed by atoms with E-state index >= 15 is 0 Å². The molecule has 10 heteroatoms. The molecule has 0 aliphatic carbocycles. The number of amidine groups is 1. The lowest BCUT2D eigenvalue weighted by Crippen LogP contribution is -2.37. The van der Waals surface area contributed by atoms with Crippen molar-refractivity contribution in [2.45, 2.75) is 38.9 Å². The smallest absolute Gasteiger partial charge is 0.241 e. The Morgan fingerprint density at radius 1 is 1.13 bits per heavy atom. The van der Waals surface area contributed by atoms with Gasteiger partial charge in [0, 0.05) is 49.1 Å². The quantitative estimate of drug-likeness (QED) is 0.0934. The number of hydrogen-bond donors (Lipinski definition) is 3. The van der Waals surface area contributed by atoms with Gasteiger partial charge in [0.1, 0.15) is 11.5 Å². The second kappa shape index (κ2) is 14.0. The van der Waals surface area contributed by atoms with E-state index in [0.29, 0.717) is 11.3 Å². The van der Waals surface area contributed by atoms with Gasteiger partial charge in [0.05, 0.1) is 18.9 Å². The van der Waals surface area contributed by atoms with Crippen molar-refractivity contribution in [1.82, 2.24) is 9.88 Å². The molecule has 1 unspecified atom stereocenters. The summed E-state index contributed by atoms with van der Waals surface area (Å²) in [5, 5.41) is 16.0. The molecule has 3 aromatic rings. The third-order valence-electron chi connectivity index (χ3n) is 6.38. The summed E-state index contributed by atoms with van der Waals surface area (Å²) in [6.45, 7) is 6.71. The van der Waals surface area contributed by atoms with Crippen LogP contribution in [0.2, 0.25) is 0 Å². The number of ether oxygens (including phenoxy) is 3. The number of anilines is 1. The molecular formula is C28H37N5O4S. The van der Waals surface area contributed by atoms with E-state index < -0.39 is 6.29 Å². The van der Waals surface area contributed by atoms with Crippen molar-refractivity contribution < 1.29 is 19.4 Å². The Balaban J connectivity index is 1.43. The minimum atomic E-state index is -0.435. The Hall–Kier alpha value is -3.34. The van der Waals surface area contributed by atoms with E-state index in [1.165, 1.54) is 4.88 Å². The summed E-state index contributed by atoms with van der Waals surface area (Å²) < 4.78 is 17.8. The fraction of sp³-hybridized carbons (Fsp3) is 0.429. The molecule has 2 aromatic carbocycles. The third kappa shape index (κ3) is 7.59. The summed E-state index contributed by atoms with van der Waals surface area (Å²) in [6, 6.07) is 15.2. The van der Waals surface area contributed by atoms with Gasteiger partial charge in [-0.05, 0) is 61.4 Å². The van der Waals surface area contributed by atoms with Crippen LogP contribution in [0.25, 0.3) is 11.3 Å². The molecule has 4 N–H and O–H groups in total. The van der Waals surface area contributed by atoms with Crippen molar-refractivity contribution >= 4 is 22.3 Å². The molecule has 4 rings (SSSR count). The van der Waals surface area contributed by atoms with Gasteiger partial charge in [-0.25, -0.2) is 4.98 Å². The number of nitrogens with two attached hydrogens (primary N) is 1. The van der Waals surface area contributed by atoms with Crippen LogP contribution in [-0.2, 0) is 11.2 Å². The monoisotopic (exact) mass is 539 g/mol. The van der Waals surface area contributed by atoms with Crippen molar-refractivity contribution in [1.29, 1.82) is 0 Å². The van der Waals surface area contributed by atoms with Gasteiger partial charge in [-0.3, -0.25) is 4.90 Å². The number of oxime groups is 1. The van der Waals surface area contributed by atoms with Gasteiger partial charge < -0.3 is 30.5 Å². The number of nitrogens with zero attached hydrogens (tertiary/aromatic N) is 3. The number of rotatable bonds is 13. The largest absolute Gasteiger partial charge is 0.455 e. The number of unbranched alkanes of at least 4 members (excludes halogenated alkanes) is 1. The molecule has 9 nitrogen and oxygen atoms in total. The highest BCUT2D eigenvalue weighted by molar-refractivity contribution is 7.16. The van der Waals surface area contributed by atoms with E-state index in [2.05, 4.69) is 34.4 Å². The van der Waals surface area contributed by atoms with Gasteiger partial charge in [-0.1, -0.05) is 18.5 Å². The minimum Gasteiger partial charge on any atom is -0.455 e. The lowest BCUT2D eigenvalue weighted by molar-refractivity contribution is -0.00211. The molecule has 0 radical (unpaired) electrons. The number of aromatic nitrogens is 1. The summed E-state index contributed by atoms with van der Waals surface area (Å²) in [5.74, 6) is 1.45. The Bertz CT molecular complexity index is 1160. The zero-order chi connectivity index (χ0) is 26.7. The Morgan fingerprint density at radius 3 is 2.39 bits per heavy atom. The molecule has 1 fully saturated rings. The summed E-state index contributed by atoms with van der Waals surface area (Å²) in [5.41, 5.74) is 8.36. The van der Waals surface area contributed by atoms with Crippen molar-refractivity contribution in [2.75, 3.05) is 45.2 Å². The number of nitrogens with one attached hydrogen (secondary N) is 1. The van der Waals surface area contributed by atoms with Crippen molar-refractivity contribution in [2.24, 2.45) is 10.9 Å². The predicted octanol–water partition coefficient (Wildman–Crippen LogP) is 4.80. The molecule has 0 amide bonds. The lowest BCUT2D eigenvalue weighted by atomic mass is 10.1. The normalized spacial score (nSPS) is 15.3. The molecule has 0 bridgehead atoms. The first-order chi connectivity index (χ1) is 18.6. The van der Waals surface area contributed by atoms with Crippen LogP contribution in [0.15, 0.2) is 53.7 Å². The van der Waals surface area contributed by atoms with Crippen molar-refractivity contribution in [3.05, 3.63) is 59.0 Å². The number of benzene rings is 2. The van der Waals surface area contributed by atoms with Crippen LogP contribution < -0.4 is 20.5 Å². The highest BCUT2D eigenvalue weighted by atomic mass is 32.1. The molecule has 2 heterocycles. The number of hydrogen-bond acceptors (Lipinski definition) is 9. The SMILES string of the molecule is CCCCC(Oc1ccc(C(N)=NO)cc1)Oc1ccc(-c2nc(NC)sc2CCN2CCOCC2)cc1. The summed E-state index contributed by atoms with van der Waals surface area (Å²) in [4.78, 5) is 8.56. The Morgan fingerprint density at radius 2 is 1.79 bits per heavy atom. The maximum absolute atomic E-state index is 8.87. The fourth-order valence-electron chi connectivity index (χ4n) is 4.21. The molecule has 1 saturated heterocycles. The van der Waals surface area contributed by atoms with Crippen LogP contribution in [0, 0.1) is 0 Å². The maximum atomic E-state index is 8.87. The van der Waals surface area contributed by atoms with Gasteiger partial charge in [0.2, 0.25) is 6.29 Å². The molecule has 1 atom stereocenters. The number of thiazole rings is 1. The standard InChI is InChI=1S/C28H37N5O4S/c1-3-4-5-25(37-23-12-8-21(9-13-23)27(29)32-34)36-22-10-6-20(7-11-22)26-24(38-28(30-2)31-26)14-15-33-16-18-35-19-17-33/h6-13,25,34H,3-5,14-19H2,1-2H3,(H2,29,32)(H,30,31). The minimum absolute atomic E-state index is 0.0571. The van der Waals surface area contributed by atoms with E-state index in [1.807, 2.05) is 19.2 Å². The van der Waals surface area contributed by atoms with Gasteiger partial charge in [-0.2, -0.15) is 0 Å². The Labute approximate surface area is 228 Å². The van der Waals surface area contributed by atoms with Crippen LogP contribution in [0.3, 0.4) is 0 Å². The van der Waals surface area contributed by atoms with Crippen molar-refractivity contribution in [3.63, 3.8) is 0 Å². The highest BCUT2D eigenvalue weighted by Gasteiger charge is 2.17. The molecule has 1 aliphatic rings. The van der Waals surface area contributed by atoms with Crippen molar-refractivity contribution in [3.8, 4) is 22.8 Å². The molecule has 1 aromatic heterocycles. The average Bonchev–Trinajstić information content (AvgIpc) is 3.39. The summed E-state index contributed by atoms with van der Waals surface area (Å²) in [6.07, 6.45) is 3.28. The van der Waals surface area contributed by atoms with E-state index in [-0.39, 0.29) is 5.84 Å².